The molecule has 0 saturated heterocycles. The van der Waals surface area contributed by atoms with E-state index in [2.05, 4.69) is 9.55 Å². The zero-order valence-corrected chi connectivity index (χ0v) is 11.7. The first kappa shape index (κ1) is 12.7. The average molecular weight is 261 g/mol. The molecule has 0 N–H and O–H groups in total. The Morgan fingerprint density at radius 3 is 2.89 bits per heavy atom. The lowest BCUT2D eigenvalue weighted by Gasteiger charge is -2.34. The van der Waals surface area contributed by atoms with Gasteiger partial charge in [-0.2, -0.15) is 0 Å². The molecule has 1 aromatic heterocycles. The third kappa shape index (κ3) is 2.53. The first-order chi connectivity index (χ1) is 9.25. The summed E-state index contributed by atoms with van der Waals surface area (Å²) in [7, 11) is 2.00. The Hall–Kier alpha value is -1.32. The van der Waals surface area contributed by atoms with Crippen LogP contribution in [0.15, 0.2) is 12.4 Å². The van der Waals surface area contributed by atoms with E-state index >= 15 is 0 Å². The Bertz CT molecular complexity index is 448. The minimum absolute atomic E-state index is 0.141. The third-order valence-electron chi connectivity index (χ3n) is 4.77. The molecule has 4 nitrogen and oxygen atoms in total. The quantitative estimate of drug-likeness (QED) is 0.819. The molecule has 19 heavy (non-hydrogen) atoms. The summed E-state index contributed by atoms with van der Waals surface area (Å²) in [5.74, 6) is 1.55. The number of hydrogen-bond donors (Lipinski definition) is 0. The van der Waals surface area contributed by atoms with Crippen molar-refractivity contribution in [2.24, 2.45) is 5.92 Å². The predicted molar refractivity (Wildman–Crippen MR) is 73.7 cm³/mol. The molecule has 0 aromatic carbocycles. The monoisotopic (exact) mass is 261 g/mol. The molecule has 1 fully saturated rings. The van der Waals surface area contributed by atoms with Gasteiger partial charge in [0.1, 0.15) is 5.82 Å². The lowest BCUT2D eigenvalue weighted by atomic mass is 9.91. The first-order valence-corrected chi connectivity index (χ1v) is 7.52. The van der Waals surface area contributed by atoms with E-state index in [0.29, 0.717) is 11.9 Å². The lowest BCUT2D eigenvalue weighted by molar-refractivity contribution is -0.137. The maximum atomic E-state index is 12.6. The van der Waals surface area contributed by atoms with E-state index in [4.69, 9.17) is 0 Å². The molecule has 1 aromatic rings. The number of amides is 1. The number of aromatic nitrogens is 2. The van der Waals surface area contributed by atoms with Gasteiger partial charge >= 0.3 is 0 Å². The van der Waals surface area contributed by atoms with Crippen molar-refractivity contribution in [3.8, 4) is 0 Å². The molecular formula is C15H23N3O. The van der Waals surface area contributed by atoms with Crippen LogP contribution in [0.3, 0.4) is 0 Å². The van der Waals surface area contributed by atoms with Gasteiger partial charge in [0, 0.05) is 44.4 Å². The van der Waals surface area contributed by atoms with Crippen molar-refractivity contribution in [2.75, 3.05) is 7.05 Å². The van der Waals surface area contributed by atoms with Crippen molar-refractivity contribution in [1.29, 1.82) is 0 Å². The molecule has 2 heterocycles. The number of aryl methyl sites for hydroxylation is 1. The molecule has 2 aliphatic rings. The van der Waals surface area contributed by atoms with Crippen LogP contribution >= 0.6 is 0 Å². The zero-order chi connectivity index (χ0) is 13.2. The van der Waals surface area contributed by atoms with Gasteiger partial charge in [0.25, 0.3) is 0 Å². The van der Waals surface area contributed by atoms with Gasteiger partial charge in [-0.3, -0.25) is 4.79 Å². The van der Waals surface area contributed by atoms with Crippen molar-refractivity contribution in [3.63, 3.8) is 0 Å². The molecule has 1 saturated carbocycles. The molecule has 0 spiro atoms. The molecule has 4 heteroatoms. The van der Waals surface area contributed by atoms with Crippen LogP contribution in [0.4, 0.5) is 0 Å². The van der Waals surface area contributed by atoms with Crippen molar-refractivity contribution in [3.05, 3.63) is 18.2 Å². The number of rotatable bonds is 2. The van der Waals surface area contributed by atoms with E-state index in [0.717, 1.165) is 25.2 Å². The Labute approximate surface area is 114 Å². The number of hydrogen-bond acceptors (Lipinski definition) is 2. The molecule has 1 amide bonds. The molecule has 1 atom stereocenters. The molecule has 3 rings (SSSR count). The van der Waals surface area contributed by atoms with Crippen LogP contribution in [0.25, 0.3) is 0 Å². The zero-order valence-electron chi connectivity index (χ0n) is 11.7. The van der Waals surface area contributed by atoms with Crippen LogP contribution in [0.1, 0.15) is 44.3 Å². The number of imidazole rings is 1. The molecule has 0 radical (unpaired) electrons. The smallest absolute Gasteiger partial charge is 0.226 e. The predicted octanol–water partition coefficient (Wildman–Crippen LogP) is 2.24. The largest absolute Gasteiger partial charge is 0.343 e. The highest BCUT2D eigenvalue weighted by Gasteiger charge is 2.30. The fourth-order valence-corrected chi connectivity index (χ4v) is 3.50. The second kappa shape index (κ2) is 5.35. The van der Waals surface area contributed by atoms with Gasteiger partial charge in [-0.05, 0) is 19.3 Å². The van der Waals surface area contributed by atoms with E-state index in [1.54, 1.807) is 0 Å². The van der Waals surface area contributed by atoms with Crippen LogP contribution in [0.5, 0.6) is 0 Å². The fourth-order valence-electron chi connectivity index (χ4n) is 3.50. The van der Waals surface area contributed by atoms with Gasteiger partial charge in [0.15, 0.2) is 0 Å². The summed E-state index contributed by atoms with van der Waals surface area (Å²) in [6.07, 6.45) is 11.9. The van der Waals surface area contributed by atoms with Crippen LogP contribution in [0, 0.1) is 5.92 Å². The molecule has 1 aliphatic heterocycles. The van der Waals surface area contributed by atoms with E-state index in [9.17, 15) is 4.79 Å². The topological polar surface area (TPSA) is 38.1 Å². The van der Waals surface area contributed by atoms with Gasteiger partial charge in [-0.25, -0.2) is 4.98 Å². The van der Waals surface area contributed by atoms with Crippen molar-refractivity contribution in [2.45, 2.75) is 57.5 Å². The summed E-state index contributed by atoms with van der Waals surface area (Å²) in [6.45, 7) is 0.935. The van der Waals surface area contributed by atoms with Gasteiger partial charge < -0.3 is 9.47 Å². The van der Waals surface area contributed by atoms with Gasteiger partial charge in [-0.15, -0.1) is 0 Å². The SMILES string of the molecule is CN(C(=O)C1CCn2ccnc2C1)C1CCCCC1. The Balaban J connectivity index is 1.64. The summed E-state index contributed by atoms with van der Waals surface area (Å²) in [4.78, 5) is 19.0. The number of nitrogens with zero attached hydrogens (tertiary/aromatic N) is 3. The minimum atomic E-state index is 0.141. The van der Waals surface area contributed by atoms with Crippen molar-refractivity contribution < 1.29 is 4.79 Å². The van der Waals surface area contributed by atoms with Gasteiger partial charge in [0.2, 0.25) is 5.91 Å². The van der Waals surface area contributed by atoms with Crippen LogP contribution in [0.2, 0.25) is 0 Å². The van der Waals surface area contributed by atoms with Crippen molar-refractivity contribution >= 4 is 5.91 Å². The molecule has 0 bridgehead atoms. The molecule has 1 unspecified atom stereocenters. The lowest BCUT2D eigenvalue weighted by Crippen LogP contribution is -2.43. The van der Waals surface area contributed by atoms with Gasteiger partial charge in [0.05, 0.1) is 0 Å². The third-order valence-corrected chi connectivity index (χ3v) is 4.77. The van der Waals surface area contributed by atoms with E-state index in [1.807, 2.05) is 24.3 Å². The average Bonchev–Trinajstić information content (AvgIpc) is 2.94. The van der Waals surface area contributed by atoms with Gasteiger partial charge in [-0.1, -0.05) is 19.3 Å². The van der Waals surface area contributed by atoms with Crippen molar-refractivity contribution in [1.82, 2.24) is 14.5 Å². The molecule has 104 valence electrons. The normalized spacial score (nSPS) is 23.9. The fraction of sp³-hybridized carbons (Fsp3) is 0.733. The number of carbonyl (C=O) groups is 1. The van der Waals surface area contributed by atoms with E-state index in [-0.39, 0.29) is 5.92 Å². The number of carbonyl (C=O) groups excluding carboxylic acids is 1. The van der Waals surface area contributed by atoms with E-state index in [1.165, 1.54) is 32.1 Å². The standard InChI is InChI=1S/C15H23N3O/c1-17(13-5-3-2-4-6-13)15(19)12-7-9-18-10-8-16-14(18)11-12/h8,10,12-13H,2-7,9,11H2,1H3. The Kier molecular flexibility index (Phi) is 3.58. The maximum absolute atomic E-state index is 12.6. The summed E-state index contributed by atoms with van der Waals surface area (Å²) < 4.78 is 2.17. The Morgan fingerprint density at radius 2 is 2.11 bits per heavy atom. The summed E-state index contributed by atoms with van der Waals surface area (Å²) in [5, 5.41) is 0. The number of fused-ring (bicyclic) bond motifs is 1. The molecular weight excluding hydrogens is 238 g/mol. The highest BCUT2D eigenvalue weighted by Crippen LogP contribution is 2.26. The van der Waals surface area contributed by atoms with Crippen LogP contribution < -0.4 is 0 Å². The summed E-state index contributed by atoms with van der Waals surface area (Å²) in [5.41, 5.74) is 0. The summed E-state index contributed by atoms with van der Waals surface area (Å²) >= 11 is 0. The maximum Gasteiger partial charge on any atom is 0.226 e. The highest BCUT2D eigenvalue weighted by molar-refractivity contribution is 5.79. The second-order valence-electron chi connectivity index (χ2n) is 5.97. The van der Waals surface area contributed by atoms with Crippen LogP contribution in [-0.2, 0) is 17.8 Å². The first-order valence-electron chi connectivity index (χ1n) is 7.52. The van der Waals surface area contributed by atoms with E-state index < -0.39 is 0 Å². The van der Waals surface area contributed by atoms with Crippen LogP contribution in [-0.4, -0.2) is 33.4 Å². The molecule has 1 aliphatic carbocycles. The highest BCUT2D eigenvalue weighted by atomic mass is 16.2. The second-order valence-corrected chi connectivity index (χ2v) is 5.97. The summed E-state index contributed by atoms with van der Waals surface area (Å²) in [6, 6.07) is 0.475. The Morgan fingerprint density at radius 1 is 1.32 bits per heavy atom. The minimum Gasteiger partial charge on any atom is -0.343 e.